The highest BCUT2D eigenvalue weighted by atomic mass is 32.1. The van der Waals surface area contributed by atoms with Crippen LogP contribution in [0, 0.1) is 5.82 Å². The number of hydrogen-bond acceptors (Lipinski definition) is 3. The molecule has 0 spiro atoms. The predicted octanol–water partition coefficient (Wildman–Crippen LogP) is 4.05. The number of thiazole rings is 1. The number of benzene rings is 2. The molecule has 0 fully saturated rings. The van der Waals surface area contributed by atoms with Crippen molar-refractivity contribution < 1.29 is 4.39 Å². The molecule has 0 aliphatic carbocycles. The second kappa shape index (κ2) is 4.74. The maximum absolute atomic E-state index is 13.1. The number of nitrogens with one attached hydrogen (secondary N) is 1. The second-order valence-electron chi connectivity index (χ2n) is 3.94. The number of nitrogens with zero attached hydrogens (tertiary/aromatic N) is 1. The summed E-state index contributed by atoms with van der Waals surface area (Å²) < 4.78 is 13.9. The van der Waals surface area contributed by atoms with Crippen molar-refractivity contribution in [3.63, 3.8) is 0 Å². The van der Waals surface area contributed by atoms with E-state index in [1.165, 1.54) is 23.5 Å². The molecule has 0 saturated heterocycles. The Balaban J connectivity index is 1.79. The van der Waals surface area contributed by atoms with Crippen LogP contribution in [-0.2, 0) is 6.54 Å². The van der Waals surface area contributed by atoms with Crippen LogP contribution in [0.3, 0.4) is 0 Å². The van der Waals surface area contributed by atoms with Crippen LogP contribution < -0.4 is 5.32 Å². The first-order valence-corrected chi connectivity index (χ1v) is 6.47. The van der Waals surface area contributed by atoms with Crippen molar-refractivity contribution in [2.45, 2.75) is 6.54 Å². The SMILES string of the molecule is Fc1ccc2nc(CNc3ccccc3)sc2c1. The van der Waals surface area contributed by atoms with Gasteiger partial charge in [-0.15, -0.1) is 11.3 Å². The Morgan fingerprint density at radius 1 is 1.11 bits per heavy atom. The molecule has 1 aromatic heterocycles. The number of aromatic nitrogens is 1. The topological polar surface area (TPSA) is 24.9 Å². The Bertz CT molecular complexity index is 664. The lowest BCUT2D eigenvalue weighted by Crippen LogP contribution is -1.97. The fourth-order valence-corrected chi connectivity index (χ4v) is 2.69. The van der Waals surface area contributed by atoms with E-state index in [9.17, 15) is 4.39 Å². The third-order valence-electron chi connectivity index (χ3n) is 2.61. The minimum Gasteiger partial charge on any atom is -0.379 e. The molecule has 0 radical (unpaired) electrons. The van der Waals surface area contributed by atoms with E-state index in [0.29, 0.717) is 6.54 Å². The van der Waals surface area contributed by atoms with Crippen molar-refractivity contribution in [1.82, 2.24) is 4.98 Å². The first-order valence-electron chi connectivity index (χ1n) is 5.65. The molecule has 4 heteroatoms. The molecule has 0 atom stereocenters. The molecular formula is C14H11FN2S. The summed E-state index contributed by atoms with van der Waals surface area (Å²) in [5, 5.41) is 4.25. The van der Waals surface area contributed by atoms with Gasteiger partial charge < -0.3 is 5.32 Å². The van der Waals surface area contributed by atoms with E-state index in [0.717, 1.165) is 20.9 Å². The summed E-state index contributed by atoms with van der Waals surface area (Å²) in [6.45, 7) is 0.658. The molecule has 0 amide bonds. The monoisotopic (exact) mass is 258 g/mol. The summed E-state index contributed by atoms with van der Waals surface area (Å²) in [5.41, 5.74) is 1.91. The lowest BCUT2D eigenvalue weighted by molar-refractivity contribution is 0.630. The van der Waals surface area contributed by atoms with Crippen LogP contribution >= 0.6 is 11.3 Å². The fraction of sp³-hybridized carbons (Fsp3) is 0.0714. The maximum Gasteiger partial charge on any atom is 0.124 e. The van der Waals surface area contributed by atoms with Gasteiger partial charge in [0.25, 0.3) is 0 Å². The van der Waals surface area contributed by atoms with Crippen LogP contribution in [0.5, 0.6) is 0 Å². The van der Waals surface area contributed by atoms with Crippen molar-refractivity contribution >= 4 is 27.2 Å². The average Bonchev–Trinajstić information content (AvgIpc) is 2.79. The average molecular weight is 258 g/mol. The summed E-state index contributed by atoms with van der Waals surface area (Å²) >= 11 is 1.52. The summed E-state index contributed by atoms with van der Waals surface area (Å²) in [6, 6.07) is 14.6. The number of halogens is 1. The summed E-state index contributed by atoms with van der Waals surface area (Å²) in [4.78, 5) is 4.46. The van der Waals surface area contributed by atoms with Gasteiger partial charge in [0.15, 0.2) is 0 Å². The van der Waals surface area contributed by atoms with Gasteiger partial charge in [-0.05, 0) is 30.3 Å². The van der Waals surface area contributed by atoms with Gasteiger partial charge >= 0.3 is 0 Å². The van der Waals surface area contributed by atoms with Crippen molar-refractivity contribution in [3.05, 3.63) is 59.4 Å². The zero-order valence-electron chi connectivity index (χ0n) is 9.56. The van der Waals surface area contributed by atoms with Gasteiger partial charge in [-0.1, -0.05) is 18.2 Å². The van der Waals surface area contributed by atoms with Gasteiger partial charge in [0.2, 0.25) is 0 Å². The summed E-state index contributed by atoms with van der Waals surface area (Å²) in [6.07, 6.45) is 0. The second-order valence-corrected chi connectivity index (χ2v) is 5.05. The zero-order valence-corrected chi connectivity index (χ0v) is 10.4. The van der Waals surface area contributed by atoms with Gasteiger partial charge in [0.1, 0.15) is 10.8 Å². The molecule has 1 N–H and O–H groups in total. The highest BCUT2D eigenvalue weighted by molar-refractivity contribution is 7.18. The van der Waals surface area contributed by atoms with E-state index in [1.54, 1.807) is 6.07 Å². The number of rotatable bonds is 3. The van der Waals surface area contributed by atoms with E-state index < -0.39 is 0 Å². The molecule has 18 heavy (non-hydrogen) atoms. The molecule has 3 aromatic rings. The normalized spacial score (nSPS) is 10.7. The predicted molar refractivity (Wildman–Crippen MR) is 73.3 cm³/mol. The largest absolute Gasteiger partial charge is 0.379 e. The molecule has 3 rings (SSSR count). The highest BCUT2D eigenvalue weighted by Crippen LogP contribution is 2.23. The summed E-state index contributed by atoms with van der Waals surface area (Å²) in [7, 11) is 0. The quantitative estimate of drug-likeness (QED) is 0.766. The van der Waals surface area contributed by atoms with Gasteiger partial charge in [-0.3, -0.25) is 0 Å². The van der Waals surface area contributed by atoms with Crippen LogP contribution in [0.4, 0.5) is 10.1 Å². The highest BCUT2D eigenvalue weighted by Gasteiger charge is 2.04. The first-order chi connectivity index (χ1) is 8.81. The van der Waals surface area contributed by atoms with Crippen LogP contribution in [0.1, 0.15) is 5.01 Å². The minimum atomic E-state index is -0.214. The van der Waals surface area contributed by atoms with Gasteiger partial charge in [0, 0.05) is 5.69 Å². The number of anilines is 1. The Morgan fingerprint density at radius 3 is 2.78 bits per heavy atom. The third kappa shape index (κ3) is 2.33. The molecule has 1 heterocycles. The number of fused-ring (bicyclic) bond motifs is 1. The Morgan fingerprint density at radius 2 is 1.94 bits per heavy atom. The molecule has 0 unspecified atom stereocenters. The lowest BCUT2D eigenvalue weighted by atomic mass is 10.3. The Hall–Kier alpha value is -1.94. The van der Waals surface area contributed by atoms with E-state index in [2.05, 4.69) is 10.3 Å². The van der Waals surface area contributed by atoms with Crippen LogP contribution in [0.25, 0.3) is 10.2 Å². The molecule has 2 nitrogen and oxygen atoms in total. The molecule has 0 aliphatic heterocycles. The maximum atomic E-state index is 13.1. The standard InChI is InChI=1S/C14H11FN2S/c15-10-6-7-12-13(8-10)18-14(17-12)9-16-11-4-2-1-3-5-11/h1-8,16H,9H2. The smallest absolute Gasteiger partial charge is 0.124 e. The fourth-order valence-electron chi connectivity index (χ4n) is 1.76. The molecule has 0 bridgehead atoms. The minimum absolute atomic E-state index is 0.214. The summed E-state index contributed by atoms with van der Waals surface area (Å²) in [5.74, 6) is -0.214. The number of para-hydroxylation sites is 1. The molecule has 0 saturated carbocycles. The van der Waals surface area contributed by atoms with Gasteiger partial charge in [-0.2, -0.15) is 0 Å². The van der Waals surface area contributed by atoms with Crippen LogP contribution in [-0.4, -0.2) is 4.98 Å². The Labute approximate surface area is 108 Å². The first kappa shape index (κ1) is 11.2. The zero-order chi connectivity index (χ0) is 12.4. The molecule has 0 aliphatic rings. The molecular weight excluding hydrogens is 247 g/mol. The molecule has 2 aromatic carbocycles. The Kier molecular flexibility index (Phi) is 2.94. The lowest BCUT2D eigenvalue weighted by Gasteiger charge is -2.02. The van der Waals surface area contributed by atoms with Crippen molar-refractivity contribution in [2.24, 2.45) is 0 Å². The molecule has 90 valence electrons. The third-order valence-corrected chi connectivity index (χ3v) is 3.63. The van der Waals surface area contributed by atoms with Crippen molar-refractivity contribution in [2.75, 3.05) is 5.32 Å². The van der Waals surface area contributed by atoms with Crippen molar-refractivity contribution in [3.8, 4) is 0 Å². The number of hydrogen-bond donors (Lipinski definition) is 1. The van der Waals surface area contributed by atoms with E-state index in [-0.39, 0.29) is 5.82 Å². The van der Waals surface area contributed by atoms with Crippen molar-refractivity contribution in [1.29, 1.82) is 0 Å². The van der Waals surface area contributed by atoms with Crippen LogP contribution in [0.2, 0.25) is 0 Å². The van der Waals surface area contributed by atoms with Crippen LogP contribution in [0.15, 0.2) is 48.5 Å². The van der Waals surface area contributed by atoms with E-state index in [4.69, 9.17) is 0 Å². The van der Waals surface area contributed by atoms with Gasteiger partial charge in [-0.25, -0.2) is 9.37 Å². The van der Waals surface area contributed by atoms with Gasteiger partial charge in [0.05, 0.1) is 16.8 Å². The van der Waals surface area contributed by atoms with E-state index >= 15 is 0 Å². The van der Waals surface area contributed by atoms with E-state index in [1.807, 2.05) is 30.3 Å².